The number of pyridine rings is 1. The Morgan fingerprint density at radius 2 is 2.00 bits per heavy atom. The Balaban J connectivity index is 1.98. The molecule has 0 unspecified atom stereocenters. The SMILES string of the molecule is Cc1ccnc(NC(=O)CN(C)C(=O)Cn2ccc(=O)n(C)c2=O)c1. The fourth-order valence-corrected chi connectivity index (χ4v) is 2.09. The van der Waals surface area contributed by atoms with Crippen LogP contribution in [0, 0.1) is 6.92 Å². The zero-order chi connectivity index (χ0) is 18.6. The Labute approximate surface area is 143 Å². The predicted molar refractivity (Wildman–Crippen MR) is 91.2 cm³/mol. The van der Waals surface area contributed by atoms with Crippen molar-refractivity contribution in [1.82, 2.24) is 19.0 Å². The molecule has 0 saturated heterocycles. The van der Waals surface area contributed by atoms with Crippen LogP contribution in [0.5, 0.6) is 0 Å². The second kappa shape index (κ2) is 7.56. The molecule has 0 aliphatic rings. The molecule has 25 heavy (non-hydrogen) atoms. The van der Waals surface area contributed by atoms with Gasteiger partial charge in [0.2, 0.25) is 11.8 Å². The van der Waals surface area contributed by atoms with E-state index in [4.69, 9.17) is 0 Å². The molecular weight excluding hydrogens is 326 g/mol. The lowest BCUT2D eigenvalue weighted by molar-refractivity contribution is -0.133. The Morgan fingerprint density at radius 3 is 2.68 bits per heavy atom. The van der Waals surface area contributed by atoms with Crippen molar-refractivity contribution >= 4 is 17.6 Å². The minimum Gasteiger partial charge on any atom is -0.335 e. The van der Waals surface area contributed by atoms with Gasteiger partial charge in [-0.25, -0.2) is 9.78 Å². The molecule has 9 nitrogen and oxygen atoms in total. The molecule has 0 bridgehead atoms. The summed E-state index contributed by atoms with van der Waals surface area (Å²) in [6.45, 7) is 1.42. The number of likely N-dealkylation sites (N-methyl/N-ethyl adjacent to an activating group) is 1. The van der Waals surface area contributed by atoms with Crippen LogP contribution in [0.25, 0.3) is 0 Å². The van der Waals surface area contributed by atoms with E-state index < -0.39 is 23.1 Å². The van der Waals surface area contributed by atoms with Crippen molar-refractivity contribution < 1.29 is 9.59 Å². The predicted octanol–water partition coefficient (Wildman–Crippen LogP) is -0.652. The summed E-state index contributed by atoms with van der Waals surface area (Å²) in [5, 5.41) is 2.60. The van der Waals surface area contributed by atoms with Crippen molar-refractivity contribution in [2.45, 2.75) is 13.5 Å². The molecule has 2 amide bonds. The number of carbonyl (C=O) groups excluding carboxylic acids is 2. The molecular formula is C16H19N5O4. The molecule has 2 heterocycles. The van der Waals surface area contributed by atoms with Gasteiger partial charge in [-0.2, -0.15) is 0 Å². The summed E-state index contributed by atoms with van der Waals surface area (Å²) in [6, 6.07) is 4.71. The van der Waals surface area contributed by atoms with Gasteiger partial charge in [0.05, 0.1) is 6.54 Å². The Hall–Kier alpha value is -3.23. The zero-order valence-electron chi connectivity index (χ0n) is 14.2. The van der Waals surface area contributed by atoms with E-state index >= 15 is 0 Å². The van der Waals surface area contributed by atoms with Crippen molar-refractivity contribution in [2.24, 2.45) is 7.05 Å². The second-order valence-electron chi connectivity index (χ2n) is 5.64. The van der Waals surface area contributed by atoms with Crippen molar-refractivity contribution in [3.63, 3.8) is 0 Å². The highest BCUT2D eigenvalue weighted by Crippen LogP contribution is 2.05. The smallest absolute Gasteiger partial charge is 0.331 e. The van der Waals surface area contributed by atoms with Gasteiger partial charge in [-0.05, 0) is 24.6 Å². The van der Waals surface area contributed by atoms with Gasteiger partial charge in [-0.15, -0.1) is 0 Å². The molecule has 0 saturated carbocycles. The van der Waals surface area contributed by atoms with Gasteiger partial charge in [0.15, 0.2) is 0 Å². The molecule has 0 atom stereocenters. The molecule has 0 aliphatic carbocycles. The maximum Gasteiger partial charge on any atom is 0.331 e. The van der Waals surface area contributed by atoms with E-state index in [1.807, 2.05) is 6.92 Å². The number of aromatic nitrogens is 3. The fourth-order valence-electron chi connectivity index (χ4n) is 2.09. The quantitative estimate of drug-likeness (QED) is 0.775. The molecule has 2 rings (SSSR count). The second-order valence-corrected chi connectivity index (χ2v) is 5.64. The summed E-state index contributed by atoms with van der Waals surface area (Å²) in [6.07, 6.45) is 2.83. The number of aryl methyl sites for hydroxylation is 1. The van der Waals surface area contributed by atoms with Crippen LogP contribution in [0.2, 0.25) is 0 Å². The van der Waals surface area contributed by atoms with Crippen LogP contribution >= 0.6 is 0 Å². The number of rotatable bonds is 5. The first-order chi connectivity index (χ1) is 11.8. The molecule has 0 aromatic carbocycles. The summed E-state index contributed by atoms with van der Waals surface area (Å²) in [7, 11) is 2.79. The van der Waals surface area contributed by atoms with Crippen LogP contribution in [0.15, 0.2) is 40.2 Å². The van der Waals surface area contributed by atoms with Crippen molar-refractivity contribution in [3.8, 4) is 0 Å². The summed E-state index contributed by atoms with van der Waals surface area (Å²) in [5.41, 5.74) is -0.0986. The van der Waals surface area contributed by atoms with Crippen molar-refractivity contribution in [1.29, 1.82) is 0 Å². The highest BCUT2D eigenvalue weighted by Gasteiger charge is 2.15. The molecule has 2 aromatic heterocycles. The maximum atomic E-state index is 12.2. The lowest BCUT2D eigenvalue weighted by atomic mass is 10.3. The summed E-state index contributed by atoms with van der Waals surface area (Å²) in [5.74, 6) is -0.435. The number of amides is 2. The average Bonchev–Trinajstić information content (AvgIpc) is 2.55. The third-order valence-electron chi connectivity index (χ3n) is 3.56. The maximum absolute atomic E-state index is 12.2. The number of nitrogens with one attached hydrogen (secondary N) is 1. The number of nitrogens with zero attached hydrogens (tertiary/aromatic N) is 4. The molecule has 0 fully saturated rings. The summed E-state index contributed by atoms with van der Waals surface area (Å²) >= 11 is 0. The van der Waals surface area contributed by atoms with Gasteiger partial charge in [-0.1, -0.05) is 0 Å². The molecule has 0 aliphatic heterocycles. The van der Waals surface area contributed by atoms with E-state index in [2.05, 4.69) is 10.3 Å². The first-order valence-corrected chi connectivity index (χ1v) is 7.51. The van der Waals surface area contributed by atoms with Gasteiger partial charge in [-0.3, -0.25) is 23.5 Å². The fraction of sp³-hybridized carbons (Fsp3) is 0.312. The van der Waals surface area contributed by atoms with Gasteiger partial charge in [0, 0.05) is 32.6 Å². The third kappa shape index (κ3) is 4.63. The van der Waals surface area contributed by atoms with Crippen LogP contribution in [0.3, 0.4) is 0 Å². The summed E-state index contributed by atoms with van der Waals surface area (Å²) < 4.78 is 2.02. The van der Waals surface area contributed by atoms with E-state index in [0.29, 0.717) is 5.82 Å². The van der Waals surface area contributed by atoms with E-state index in [1.165, 1.54) is 31.3 Å². The molecule has 1 N–H and O–H groups in total. The highest BCUT2D eigenvalue weighted by atomic mass is 16.2. The van der Waals surface area contributed by atoms with Gasteiger partial charge in [0.25, 0.3) is 5.56 Å². The van der Waals surface area contributed by atoms with E-state index in [-0.39, 0.29) is 13.1 Å². The first-order valence-electron chi connectivity index (χ1n) is 7.51. The standard InChI is InChI=1S/C16H19N5O4/c1-11-4-6-17-12(8-11)18-13(22)9-19(2)15(24)10-21-7-5-14(23)20(3)16(21)25/h4-8H,9-10H2,1-3H3,(H,17,18,22). The van der Waals surface area contributed by atoms with Crippen LogP contribution in [-0.4, -0.2) is 44.4 Å². The normalized spacial score (nSPS) is 10.4. The van der Waals surface area contributed by atoms with Crippen LogP contribution in [0.1, 0.15) is 5.56 Å². The molecule has 9 heteroatoms. The number of carbonyl (C=O) groups is 2. The van der Waals surface area contributed by atoms with Crippen LogP contribution < -0.4 is 16.6 Å². The van der Waals surface area contributed by atoms with E-state index in [1.54, 1.807) is 18.3 Å². The van der Waals surface area contributed by atoms with Crippen LogP contribution in [-0.2, 0) is 23.2 Å². The molecule has 0 spiro atoms. The Bertz CT molecular complexity index is 915. The number of hydrogen-bond donors (Lipinski definition) is 1. The monoisotopic (exact) mass is 345 g/mol. The van der Waals surface area contributed by atoms with Crippen molar-refractivity contribution in [2.75, 3.05) is 18.9 Å². The Kier molecular flexibility index (Phi) is 5.48. The number of hydrogen-bond acceptors (Lipinski definition) is 5. The average molecular weight is 345 g/mol. The van der Waals surface area contributed by atoms with Gasteiger partial charge < -0.3 is 10.2 Å². The lowest BCUT2D eigenvalue weighted by Gasteiger charge is -2.17. The van der Waals surface area contributed by atoms with Crippen molar-refractivity contribution in [3.05, 3.63) is 57.0 Å². The first kappa shape index (κ1) is 18.1. The minimum absolute atomic E-state index is 0.186. The Morgan fingerprint density at radius 1 is 1.28 bits per heavy atom. The topological polar surface area (TPSA) is 106 Å². The minimum atomic E-state index is -0.595. The van der Waals surface area contributed by atoms with E-state index in [9.17, 15) is 19.2 Å². The third-order valence-corrected chi connectivity index (χ3v) is 3.56. The van der Waals surface area contributed by atoms with E-state index in [0.717, 1.165) is 14.7 Å². The highest BCUT2D eigenvalue weighted by molar-refractivity contribution is 5.93. The largest absolute Gasteiger partial charge is 0.335 e. The summed E-state index contributed by atoms with van der Waals surface area (Å²) in [4.78, 5) is 52.7. The number of anilines is 1. The van der Waals surface area contributed by atoms with Crippen LogP contribution in [0.4, 0.5) is 5.82 Å². The zero-order valence-corrected chi connectivity index (χ0v) is 14.2. The molecule has 132 valence electrons. The lowest BCUT2D eigenvalue weighted by Crippen LogP contribution is -2.42. The van der Waals surface area contributed by atoms with Gasteiger partial charge >= 0.3 is 5.69 Å². The van der Waals surface area contributed by atoms with Gasteiger partial charge in [0.1, 0.15) is 12.4 Å². The molecule has 0 radical (unpaired) electrons. The molecule has 2 aromatic rings.